The van der Waals surface area contributed by atoms with Crippen LogP contribution in [0.2, 0.25) is 0 Å². The molecule has 0 amide bonds. The number of methoxy groups -OCH3 is 1. The van der Waals surface area contributed by atoms with Gasteiger partial charge in [-0.1, -0.05) is 82.3 Å². The van der Waals surface area contributed by atoms with Crippen LogP contribution in [0.5, 0.6) is 11.5 Å². The molecule has 8 heteroatoms. The highest BCUT2D eigenvalue weighted by Gasteiger charge is 2.33. The van der Waals surface area contributed by atoms with Crippen LogP contribution in [0.25, 0.3) is 16.8 Å². The summed E-state index contributed by atoms with van der Waals surface area (Å²) >= 11 is 4.82. The highest BCUT2D eigenvalue weighted by molar-refractivity contribution is 9.10. The molecule has 40 heavy (non-hydrogen) atoms. The van der Waals surface area contributed by atoms with Crippen LogP contribution < -0.4 is 9.47 Å². The third-order valence-corrected chi connectivity index (χ3v) is 7.84. The number of carbonyl (C=O) groups excluding carboxylic acids is 1. The number of fused-ring (bicyclic) bond motifs is 1. The second-order valence-corrected chi connectivity index (χ2v) is 10.7. The smallest absolute Gasteiger partial charge is 0.344 e. The largest absolute Gasteiger partial charge is 0.506 e. The van der Waals surface area contributed by atoms with Crippen LogP contribution in [0.3, 0.4) is 0 Å². The van der Waals surface area contributed by atoms with Crippen molar-refractivity contribution in [2.24, 2.45) is 4.99 Å². The molecule has 1 N–H and O–H groups in total. The van der Waals surface area contributed by atoms with Gasteiger partial charge in [0.15, 0.2) is 11.5 Å². The third kappa shape index (κ3) is 6.08. The number of carbonyl (C=O) groups is 1. The summed E-state index contributed by atoms with van der Waals surface area (Å²) in [5, 5.41) is 13.7. The number of aliphatic hydroxyl groups is 1. The number of rotatable bonds is 8. The van der Waals surface area contributed by atoms with Crippen molar-refractivity contribution in [1.82, 2.24) is 0 Å². The maximum Gasteiger partial charge on any atom is 0.344 e. The van der Waals surface area contributed by atoms with Crippen molar-refractivity contribution in [2.45, 2.75) is 13.5 Å². The molecule has 0 saturated carbocycles. The first-order chi connectivity index (χ1) is 19.5. The topological polar surface area (TPSA) is 77.4 Å². The monoisotopic (exact) mass is 615 g/mol. The van der Waals surface area contributed by atoms with Crippen molar-refractivity contribution >= 4 is 61.2 Å². The first-order valence-corrected chi connectivity index (χ1v) is 14.2. The Bertz CT molecular complexity index is 1660. The molecule has 202 valence electrons. The van der Waals surface area contributed by atoms with Crippen molar-refractivity contribution in [2.75, 3.05) is 13.7 Å². The van der Waals surface area contributed by atoms with Gasteiger partial charge in [-0.3, -0.25) is 0 Å². The molecule has 1 heterocycles. The fourth-order valence-corrected chi connectivity index (χ4v) is 5.64. The Labute approximate surface area is 245 Å². The van der Waals surface area contributed by atoms with E-state index in [9.17, 15) is 9.90 Å². The Hall–Kier alpha value is -4.01. The number of aliphatic imine (C=N–C) groups is 1. The fourth-order valence-electron chi connectivity index (χ4n) is 4.18. The van der Waals surface area contributed by atoms with Crippen molar-refractivity contribution < 1.29 is 24.1 Å². The average molecular weight is 617 g/mol. The molecule has 1 aliphatic rings. The van der Waals surface area contributed by atoms with E-state index in [0.717, 1.165) is 21.0 Å². The number of nitrogens with zero attached hydrogens (tertiary/aromatic N) is 1. The lowest BCUT2D eigenvalue weighted by molar-refractivity contribution is -0.138. The number of hydrogen-bond acceptors (Lipinski definition) is 7. The van der Waals surface area contributed by atoms with Gasteiger partial charge in [0, 0.05) is 4.47 Å². The van der Waals surface area contributed by atoms with E-state index in [1.54, 1.807) is 20.1 Å². The number of benzene rings is 4. The van der Waals surface area contributed by atoms with Gasteiger partial charge in [-0.15, -0.1) is 0 Å². The fraction of sp³-hybridized carbons (Fsp3) is 0.125. The molecular formula is C32H26BrNO5S. The van der Waals surface area contributed by atoms with Crippen molar-refractivity contribution in [3.8, 4) is 11.5 Å². The van der Waals surface area contributed by atoms with Gasteiger partial charge < -0.3 is 19.3 Å². The zero-order valence-electron chi connectivity index (χ0n) is 21.9. The molecular weight excluding hydrogens is 590 g/mol. The first kappa shape index (κ1) is 27.6. The van der Waals surface area contributed by atoms with Gasteiger partial charge in [0.05, 0.1) is 24.3 Å². The molecule has 5 rings (SSSR count). The predicted molar refractivity (Wildman–Crippen MR) is 164 cm³/mol. The lowest BCUT2D eigenvalue weighted by Gasteiger charge is -2.13. The summed E-state index contributed by atoms with van der Waals surface area (Å²) in [5.41, 5.74) is 2.47. The molecule has 0 saturated heterocycles. The zero-order valence-corrected chi connectivity index (χ0v) is 24.3. The van der Waals surface area contributed by atoms with Crippen molar-refractivity contribution in [3.05, 3.63) is 117 Å². The molecule has 0 aliphatic carbocycles. The summed E-state index contributed by atoms with van der Waals surface area (Å²) in [6.07, 6.45) is 1.77. The first-order valence-electron chi connectivity index (χ1n) is 12.6. The predicted octanol–water partition coefficient (Wildman–Crippen LogP) is 8.38. The van der Waals surface area contributed by atoms with Crippen molar-refractivity contribution in [1.29, 1.82) is 0 Å². The molecule has 1 aliphatic heterocycles. The molecule has 4 aromatic carbocycles. The van der Waals surface area contributed by atoms with Crippen LogP contribution in [-0.4, -0.2) is 29.8 Å². The number of ether oxygens (including phenoxy) is 3. The zero-order chi connectivity index (χ0) is 28.1. The van der Waals surface area contributed by atoms with Gasteiger partial charge >= 0.3 is 5.97 Å². The Balaban J connectivity index is 1.43. The minimum Gasteiger partial charge on any atom is -0.506 e. The molecule has 0 aromatic heterocycles. The molecule has 0 spiro atoms. The van der Waals surface area contributed by atoms with E-state index in [1.165, 1.54) is 17.1 Å². The maximum absolute atomic E-state index is 12.7. The van der Waals surface area contributed by atoms with Crippen molar-refractivity contribution in [3.63, 3.8) is 0 Å². The van der Waals surface area contributed by atoms with Gasteiger partial charge in [0.2, 0.25) is 0 Å². The van der Waals surface area contributed by atoms with Gasteiger partial charge in [-0.05, 0) is 65.2 Å². The number of para-hydroxylation sites is 1. The van der Waals surface area contributed by atoms with E-state index in [0.29, 0.717) is 33.7 Å². The molecule has 0 atom stereocenters. The summed E-state index contributed by atoms with van der Waals surface area (Å²) in [5.74, 6) is 0.299. The molecule has 4 aromatic rings. The third-order valence-electron chi connectivity index (χ3n) is 6.13. The molecule has 0 bridgehead atoms. The summed E-state index contributed by atoms with van der Waals surface area (Å²) in [6.45, 7) is 2.27. The Kier molecular flexibility index (Phi) is 8.57. The van der Waals surface area contributed by atoms with E-state index in [2.05, 4.69) is 45.2 Å². The minimum absolute atomic E-state index is 0.0420. The minimum atomic E-state index is -0.625. The van der Waals surface area contributed by atoms with E-state index < -0.39 is 5.97 Å². The Morgan fingerprint density at radius 2 is 1.73 bits per heavy atom. The number of thioether (sulfide) groups is 1. The van der Waals surface area contributed by atoms with E-state index in [-0.39, 0.29) is 17.9 Å². The van der Waals surface area contributed by atoms with Crippen LogP contribution in [-0.2, 0) is 16.1 Å². The van der Waals surface area contributed by atoms with Gasteiger partial charge in [-0.2, -0.15) is 0 Å². The molecule has 6 nitrogen and oxygen atoms in total. The second kappa shape index (κ2) is 12.4. The van der Waals surface area contributed by atoms with Gasteiger partial charge in [0.1, 0.15) is 23.0 Å². The van der Waals surface area contributed by atoms with Crippen LogP contribution in [0.4, 0.5) is 5.69 Å². The summed E-state index contributed by atoms with van der Waals surface area (Å²) < 4.78 is 17.7. The van der Waals surface area contributed by atoms with Gasteiger partial charge in [0.25, 0.3) is 0 Å². The highest BCUT2D eigenvalue weighted by atomic mass is 79.9. The summed E-state index contributed by atoms with van der Waals surface area (Å²) in [6, 6.07) is 27.3. The van der Waals surface area contributed by atoms with Gasteiger partial charge in [-0.25, -0.2) is 9.79 Å². The van der Waals surface area contributed by atoms with E-state index in [4.69, 9.17) is 14.2 Å². The molecule has 0 fully saturated rings. The number of esters is 1. The summed E-state index contributed by atoms with van der Waals surface area (Å²) in [4.78, 5) is 17.8. The van der Waals surface area contributed by atoms with Crippen LogP contribution in [0, 0.1) is 0 Å². The SMILES string of the molecule is CCOC(=O)C1=C(O)/C(=C/c2cc(OC)c(OCc3ccc4ccccc4c3)cc2Br)SC1=Nc1ccccc1. The van der Waals surface area contributed by atoms with E-state index in [1.807, 2.05) is 60.7 Å². The summed E-state index contributed by atoms with van der Waals surface area (Å²) in [7, 11) is 1.58. The lowest BCUT2D eigenvalue weighted by atomic mass is 10.1. The Morgan fingerprint density at radius 1 is 0.975 bits per heavy atom. The number of hydrogen-bond donors (Lipinski definition) is 1. The number of halogens is 1. The van der Waals surface area contributed by atoms with Crippen LogP contribution in [0.15, 0.2) is 111 Å². The quantitative estimate of drug-likeness (QED) is 0.201. The van der Waals surface area contributed by atoms with Crippen LogP contribution in [0.1, 0.15) is 18.1 Å². The highest BCUT2D eigenvalue weighted by Crippen LogP contribution is 2.42. The molecule has 0 radical (unpaired) electrons. The standard InChI is InChI=1S/C32H26BrNO5S/c1-3-38-32(36)29-30(35)28(40-31(29)34-24-11-5-4-6-12-24)17-23-16-26(37-2)27(18-25(23)33)39-19-20-13-14-21-9-7-8-10-22(21)15-20/h4-18,35H,3,19H2,1-2H3/b28-17-,34-31?. The normalized spacial score (nSPS) is 15.2. The molecule has 0 unspecified atom stereocenters. The number of aliphatic hydroxyl groups excluding tert-OH is 1. The average Bonchev–Trinajstić information content (AvgIpc) is 3.27. The maximum atomic E-state index is 12.7. The lowest BCUT2D eigenvalue weighted by Crippen LogP contribution is -2.12. The second-order valence-electron chi connectivity index (χ2n) is 8.80. The van der Waals surface area contributed by atoms with Crippen LogP contribution >= 0.6 is 27.7 Å². The Morgan fingerprint density at radius 3 is 2.48 bits per heavy atom. The van der Waals surface area contributed by atoms with E-state index >= 15 is 0 Å².